The summed E-state index contributed by atoms with van der Waals surface area (Å²) in [7, 11) is 0. The van der Waals surface area contributed by atoms with E-state index >= 15 is 0 Å². The lowest BCUT2D eigenvalue weighted by atomic mass is 10.1. The van der Waals surface area contributed by atoms with Crippen LogP contribution in [-0.2, 0) is 22.6 Å². The highest BCUT2D eigenvalue weighted by Crippen LogP contribution is 2.24. The molecule has 204 valence electrons. The zero-order valence-corrected chi connectivity index (χ0v) is 23.3. The number of benzene rings is 3. The van der Waals surface area contributed by atoms with Gasteiger partial charge in [-0.15, -0.1) is 0 Å². The van der Waals surface area contributed by atoms with Crippen molar-refractivity contribution in [3.05, 3.63) is 106 Å². The van der Waals surface area contributed by atoms with E-state index < -0.39 is 6.04 Å². The number of carbonyl (C=O) groups excluding carboxylic acids is 1. The van der Waals surface area contributed by atoms with E-state index in [1.54, 1.807) is 10.6 Å². The third kappa shape index (κ3) is 7.01. The van der Waals surface area contributed by atoms with Crippen LogP contribution in [0.2, 0.25) is 0 Å². The summed E-state index contributed by atoms with van der Waals surface area (Å²) in [6.45, 7) is 7.15. The van der Waals surface area contributed by atoms with Crippen LogP contribution in [0.15, 0.2) is 83.7 Å². The van der Waals surface area contributed by atoms with Gasteiger partial charge >= 0.3 is 0 Å². The number of rotatable bonds is 13. The highest BCUT2D eigenvalue weighted by atomic mass is 16.5. The van der Waals surface area contributed by atoms with Gasteiger partial charge in [-0.3, -0.25) is 14.2 Å². The largest absolute Gasteiger partial charge is 0.367 e. The number of carbonyl (C=O) groups is 1. The zero-order valence-electron chi connectivity index (χ0n) is 23.3. The van der Waals surface area contributed by atoms with Gasteiger partial charge in [0.05, 0.1) is 29.2 Å². The molecule has 0 radical (unpaired) electrons. The highest BCUT2D eigenvalue weighted by Gasteiger charge is 2.26. The Labute approximate surface area is 231 Å². The Morgan fingerprint density at radius 2 is 1.62 bits per heavy atom. The minimum absolute atomic E-state index is 0.0317. The smallest absolute Gasteiger partial charge is 0.266 e. The maximum atomic E-state index is 13.8. The molecule has 0 fully saturated rings. The van der Waals surface area contributed by atoms with Gasteiger partial charge in [0.1, 0.15) is 12.4 Å². The Bertz CT molecular complexity index is 1410. The lowest BCUT2D eigenvalue weighted by Crippen LogP contribution is -2.40. The molecular formula is C33H39N3O3. The van der Waals surface area contributed by atoms with E-state index in [-0.39, 0.29) is 18.1 Å². The van der Waals surface area contributed by atoms with Crippen LogP contribution >= 0.6 is 0 Å². The van der Waals surface area contributed by atoms with Crippen LogP contribution in [0.25, 0.3) is 16.6 Å². The number of aryl methyl sites for hydroxylation is 1. The molecule has 0 aliphatic rings. The first-order valence-corrected chi connectivity index (χ1v) is 14.1. The number of unbranched alkanes of at least 4 members (excludes halogenated alkanes) is 3. The predicted octanol–water partition coefficient (Wildman–Crippen LogP) is 6.63. The number of hydrogen-bond acceptors (Lipinski definition) is 4. The van der Waals surface area contributed by atoms with Crippen molar-refractivity contribution < 1.29 is 9.53 Å². The van der Waals surface area contributed by atoms with E-state index in [2.05, 4.69) is 13.8 Å². The molecule has 1 heterocycles. The van der Waals surface area contributed by atoms with Crippen molar-refractivity contribution in [2.75, 3.05) is 13.2 Å². The van der Waals surface area contributed by atoms with Gasteiger partial charge in [-0.05, 0) is 55.2 Å². The number of hydrogen-bond donors (Lipinski definition) is 0. The van der Waals surface area contributed by atoms with Crippen LogP contribution < -0.4 is 5.56 Å². The molecule has 0 saturated heterocycles. The van der Waals surface area contributed by atoms with Crippen LogP contribution in [0.4, 0.5) is 0 Å². The average Bonchev–Trinajstić information content (AvgIpc) is 2.97. The van der Waals surface area contributed by atoms with Crippen molar-refractivity contribution >= 4 is 16.8 Å². The Kier molecular flexibility index (Phi) is 10.0. The number of amides is 1. The Morgan fingerprint density at radius 3 is 2.33 bits per heavy atom. The topological polar surface area (TPSA) is 64.4 Å². The van der Waals surface area contributed by atoms with E-state index in [1.165, 1.54) is 5.56 Å². The second-order valence-electron chi connectivity index (χ2n) is 9.95. The van der Waals surface area contributed by atoms with E-state index in [4.69, 9.17) is 9.72 Å². The van der Waals surface area contributed by atoms with Gasteiger partial charge in [0.2, 0.25) is 5.91 Å². The molecule has 1 amide bonds. The van der Waals surface area contributed by atoms with Crippen LogP contribution in [0, 0.1) is 0 Å². The molecule has 0 N–H and O–H groups in total. The fraction of sp³-hybridized carbons (Fsp3) is 0.364. The van der Waals surface area contributed by atoms with Gasteiger partial charge in [0.15, 0.2) is 0 Å². The maximum absolute atomic E-state index is 13.8. The first-order chi connectivity index (χ1) is 19.0. The van der Waals surface area contributed by atoms with Crippen molar-refractivity contribution in [3.63, 3.8) is 0 Å². The number of para-hydroxylation sites is 1. The molecule has 1 unspecified atom stereocenters. The lowest BCUT2D eigenvalue weighted by molar-refractivity contribution is -0.139. The van der Waals surface area contributed by atoms with Crippen molar-refractivity contribution in [2.45, 2.75) is 65.5 Å². The van der Waals surface area contributed by atoms with Gasteiger partial charge in [-0.25, -0.2) is 4.98 Å². The molecule has 4 aromatic rings. The summed E-state index contributed by atoms with van der Waals surface area (Å²) in [6, 6.07) is 24.8. The Balaban J connectivity index is 1.69. The first kappa shape index (κ1) is 28.2. The quantitative estimate of drug-likeness (QED) is 0.184. The molecule has 4 rings (SSSR count). The highest BCUT2D eigenvalue weighted by molar-refractivity contribution is 5.79. The van der Waals surface area contributed by atoms with E-state index in [0.29, 0.717) is 29.9 Å². The SMILES string of the molecule is CCCCCCN(C(=O)COCc1ccccc1)C(C)c1nc2ccccc2c(=O)n1-c1ccc(CC)cc1. The molecule has 0 aliphatic carbocycles. The Morgan fingerprint density at radius 1 is 0.897 bits per heavy atom. The normalized spacial score (nSPS) is 12.0. The number of nitrogens with zero attached hydrogens (tertiary/aromatic N) is 3. The molecule has 39 heavy (non-hydrogen) atoms. The first-order valence-electron chi connectivity index (χ1n) is 14.1. The molecule has 3 aromatic carbocycles. The standard InChI is InChI=1S/C33H39N3O3/c1-4-6-7-13-22-35(31(37)24-39-23-27-14-9-8-10-15-27)25(3)32-34-30-17-12-11-16-29(30)33(38)36(32)28-20-18-26(5-2)19-21-28/h8-12,14-21,25H,4-7,13,22-24H2,1-3H3. The van der Waals surface area contributed by atoms with Gasteiger partial charge in [-0.1, -0.05) is 87.7 Å². The average molecular weight is 526 g/mol. The van der Waals surface area contributed by atoms with Gasteiger partial charge in [-0.2, -0.15) is 0 Å². The third-order valence-electron chi connectivity index (χ3n) is 7.16. The van der Waals surface area contributed by atoms with E-state index in [1.807, 2.05) is 84.6 Å². The number of ether oxygens (including phenoxy) is 1. The molecule has 1 aromatic heterocycles. The van der Waals surface area contributed by atoms with Crippen LogP contribution in [0.1, 0.15) is 69.4 Å². The fourth-order valence-electron chi connectivity index (χ4n) is 4.86. The Hall–Kier alpha value is -3.77. The molecule has 0 spiro atoms. The summed E-state index contributed by atoms with van der Waals surface area (Å²) < 4.78 is 7.50. The number of fused-ring (bicyclic) bond motifs is 1. The summed E-state index contributed by atoms with van der Waals surface area (Å²) >= 11 is 0. The molecule has 1 atom stereocenters. The van der Waals surface area contributed by atoms with Crippen molar-refractivity contribution in [1.82, 2.24) is 14.5 Å². The number of aromatic nitrogens is 2. The van der Waals surface area contributed by atoms with Crippen molar-refractivity contribution in [3.8, 4) is 5.69 Å². The molecule has 0 aliphatic heterocycles. The van der Waals surface area contributed by atoms with Crippen molar-refractivity contribution in [2.24, 2.45) is 0 Å². The molecule has 6 heteroatoms. The van der Waals surface area contributed by atoms with E-state index in [0.717, 1.165) is 43.4 Å². The molecule has 0 bridgehead atoms. The minimum Gasteiger partial charge on any atom is -0.367 e. The molecule has 6 nitrogen and oxygen atoms in total. The fourth-order valence-corrected chi connectivity index (χ4v) is 4.86. The minimum atomic E-state index is -0.428. The lowest BCUT2D eigenvalue weighted by Gasteiger charge is -2.30. The van der Waals surface area contributed by atoms with Crippen LogP contribution in [0.3, 0.4) is 0 Å². The maximum Gasteiger partial charge on any atom is 0.266 e. The summed E-state index contributed by atoms with van der Waals surface area (Å²) in [6.07, 6.45) is 5.06. The molecular weight excluding hydrogens is 486 g/mol. The summed E-state index contributed by atoms with van der Waals surface area (Å²) in [4.78, 5) is 34.2. The van der Waals surface area contributed by atoms with Gasteiger partial charge in [0, 0.05) is 6.54 Å². The second-order valence-corrected chi connectivity index (χ2v) is 9.95. The predicted molar refractivity (Wildman–Crippen MR) is 157 cm³/mol. The van der Waals surface area contributed by atoms with Crippen LogP contribution in [0.5, 0.6) is 0 Å². The van der Waals surface area contributed by atoms with E-state index in [9.17, 15) is 9.59 Å². The second kappa shape index (κ2) is 13.9. The summed E-state index contributed by atoms with van der Waals surface area (Å²) in [5.41, 5.74) is 3.46. The van der Waals surface area contributed by atoms with Gasteiger partial charge < -0.3 is 9.64 Å². The zero-order chi connectivity index (χ0) is 27.6. The molecule has 0 saturated carbocycles. The van der Waals surface area contributed by atoms with Crippen LogP contribution in [-0.4, -0.2) is 33.5 Å². The summed E-state index contributed by atoms with van der Waals surface area (Å²) in [5.74, 6) is 0.445. The van der Waals surface area contributed by atoms with Crippen molar-refractivity contribution in [1.29, 1.82) is 0 Å². The van der Waals surface area contributed by atoms with Gasteiger partial charge in [0.25, 0.3) is 5.56 Å². The third-order valence-corrected chi connectivity index (χ3v) is 7.16. The monoisotopic (exact) mass is 525 g/mol. The summed E-state index contributed by atoms with van der Waals surface area (Å²) in [5, 5.41) is 0.556.